The van der Waals surface area contributed by atoms with Crippen LogP contribution in [-0.2, 0) is 20.9 Å². The van der Waals surface area contributed by atoms with Gasteiger partial charge in [-0.25, -0.2) is 19.6 Å². The zero-order chi connectivity index (χ0) is 24.8. The summed E-state index contributed by atoms with van der Waals surface area (Å²) in [6.07, 6.45) is -0.376. The standard InChI is InChI=1S/C20H21N7O7/c1-34-13(19(32)33)6-12(18(30)31)25-16(28)9-2-4-10(5-3-9)22-7-11-8-23-15-14(24-11)17(29)27-20(21)26-15/h2-5,8,12-13,22H,6-7H2,1H3,(H,25,28)(H,30,31)(H,32,33)(H3,21,23,26,27,29)/t12-,13?/m0/s1. The number of methoxy groups -OCH3 is 1. The molecule has 7 N–H and O–H groups in total. The minimum Gasteiger partial charge on any atom is -0.480 e. The number of nitrogens with zero attached hydrogens (tertiary/aromatic N) is 3. The van der Waals surface area contributed by atoms with Crippen molar-refractivity contribution >= 4 is 40.6 Å². The number of carbonyl (C=O) groups excluding carboxylic acids is 1. The molecular weight excluding hydrogens is 450 g/mol. The number of hydrogen-bond acceptors (Lipinski definition) is 10. The van der Waals surface area contributed by atoms with Gasteiger partial charge < -0.3 is 31.3 Å². The summed E-state index contributed by atoms with van der Waals surface area (Å²) in [6, 6.07) is 4.65. The van der Waals surface area contributed by atoms with Crippen LogP contribution in [0.15, 0.2) is 35.3 Å². The Kier molecular flexibility index (Phi) is 7.33. The zero-order valence-electron chi connectivity index (χ0n) is 17.8. The van der Waals surface area contributed by atoms with Crippen molar-refractivity contribution in [2.24, 2.45) is 0 Å². The third-order valence-corrected chi connectivity index (χ3v) is 4.72. The lowest BCUT2D eigenvalue weighted by atomic mass is 10.1. The largest absolute Gasteiger partial charge is 0.480 e. The number of anilines is 2. The first-order valence-corrected chi connectivity index (χ1v) is 9.82. The van der Waals surface area contributed by atoms with E-state index in [2.05, 4.69) is 30.6 Å². The Hall–Kier alpha value is -4.59. The van der Waals surface area contributed by atoms with E-state index in [1.807, 2.05) is 0 Å². The molecule has 0 bridgehead atoms. The average molecular weight is 471 g/mol. The lowest BCUT2D eigenvalue weighted by Gasteiger charge is -2.18. The summed E-state index contributed by atoms with van der Waals surface area (Å²) in [4.78, 5) is 61.4. The van der Waals surface area contributed by atoms with Crippen LogP contribution in [0, 0.1) is 0 Å². The summed E-state index contributed by atoms with van der Waals surface area (Å²) in [5.41, 5.74) is 6.39. The fraction of sp³-hybridized carbons (Fsp3) is 0.250. The third-order valence-electron chi connectivity index (χ3n) is 4.72. The van der Waals surface area contributed by atoms with Gasteiger partial charge in [-0.1, -0.05) is 0 Å². The highest BCUT2D eigenvalue weighted by Gasteiger charge is 2.28. The first-order valence-electron chi connectivity index (χ1n) is 9.82. The van der Waals surface area contributed by atoms with E-state index in [-0.39, 0.29) is 29.2 Å². The first kappa shape index (κ1) is 24.1. The molecule has 2 aromatic heterocycles. The molecule has 1 aromatic carbocycles. The summed E-state index contributed by atoms with van der Waals surface area (Å²) in [7, 11) is 1.14. The van der Waals surface area contributed by atoms with E-state index in [9.17, 15) is 24.3 Å². The van der Waals surface area contributed by atoms with Gasteiger partial charge in [0.2, 0.25) is 5.95 Å². The van der Waals surface area contributed by atoms with Crippen LogP contribution >= 0.6 is 0 Å². The minimum absolute atomic E-state index is 0.0483. The van der Waals surface area contributed by atoms with Crippen LogP contribution in [0.5, 0.6) is 0 Å². The number of aromatic amines is 1. The number of fused-ring (bicyclic) bond motifs is 1. The fourth-order valence-corrected chi connectivity index (χ4v) is 2.96. The van der Waals surface area contributed by atoms with E-state index in [0.717, 1.165) is 7.11 Å². The lowest BCUT2D eigenvalue weighted by Crippen LogP contribution is -2.44. The molecule has 0 radical (unpaired) electrons. The van der Waals surface area contributed by atoms with Crippen molar-refractivity contribution in [1.82, 2.24) is 25.3 Å². The molecule has 0 aliphatic heterocycles. The van der Waals surface area contributed by atoms with Crippen LogP contribution in [0.1, 0.15) is 22.5 Å². The summed E-state index contributed by atoms with van der Waals surface area (Å²) >= 11 is 0. The SMILES string of the molecule is COC(C[C@H](NC(=O)c1ccc(NCc2cnc3nc(N)[nH]c(=O)c3n2)cc1)C(=O)O)C(=O)O. The predicted molar refractivity (Wildman–Crippen MR) is 118 cm³/mol. The normalized spacial score (nSPS) is 12.6. The maximum Gasteiger partial charge on any atom is 0.332 e. The number of rotatable bonds is 10. The summed E-state index contributed by atoms with van der Waals surface area (Å²) < 4.78 is 4.73. The van der Waals surface area contributed by atoms with E-state index in [4.69, 9.17) is 15.6 Å². The van der Waals surface area contributed by atoms with Crippen LogP contribution < -0.4 is 21.9 Å². The second-order valence-corrected chi connectivity index (χ2v) is 7.08. The lowest BCUT2D eigenvalue weighted by molar-refractivity contribution is -0.150. The molecule has 0 aliphatic carbocycles. The number of H-pyrrole nitrogens is 1. The van der Waals surface area contributed by atoms with Crippen LogP contribution in [0.4, 0.5) is 11.6 Å². The Morgan fingerprint density at radius 2 is 1.85 bits per heavy atom. The van der Waals surface area contributed by atoms with Gasteiger partial charge in [-0.2, -0.15) is 4.98 Å². The summed E-state index contributed by atoms with van der Waals surface area (Å²) in [5, 5.41) is 23.7. The van der Waals surface area contributed by atoms with Crippen molar-refractivity contribution in [1.29, 1.82) is 0 Å². The number of ether oxygens (including phenoxy) is 1. The molecule has 178 valence electrons. The number of nitrogen functional groups attached to an aromatic ring is 1. The third kappa shape index (κ3) is 5.80. The molecule has 3 aromatic rings. The number of carboxylic acids is 2. The Bertz CT molecular complexity index is 1280. The molecular formula is C20H21N7O7. The van der Waals surface area contributed by atoms with Crippen molar-refractivity contribution in [3.63, 3.8) is 0 Å². The number of hydrogen-bond donors (Lipinski definition) is 6. The van der Waals surface area contributed by atoms with Crippen molar-refractivity contribution in [3.8, 4) is 0 Å². The molecule has 14 nitrogen and oxygen atoms in total. The van der Waals surface area contributed by atoms with E-state index in [0.29, 0.717) is 11.4 Å². The molecule has 0 aliphatic rings. The molecule has 3 rings (SSSR count). The predicted octanol–water partition coefficient (Wildman–Crippen LogP) is -0.420. The minimum atomic E-state index is -1.45. The van der Waals surface area contributed by atoms with Crippen molar-refractivity contribution in [2.45, 2.75) is 25.1 Å². The maximum atomic E-state index is 12.4. The maximum absolute atomic E-state index is 12.4. The van der Waals surface area contributed by atoms with Crippen molar-refractivity contribution in [3.05, 3.63) is 52.1 Å². The number of aliphatic carboxylic acids is 2. The van der Waals surface area contributed by atoms with E-state index in [1.165, 1.54) is 18.3 Å². The second kappa shape index (κ2) is 10.4. The second-order valence-electron chi connectivity index (χ2n) is 7.08. The van der Waals surface area contributed by atoms with Gasteiger partial charge in [0.05, 0.1) is 18.4 Å². The molecule has 2 heterocycles. The highest BCUT2D eigenvalue weighted by Crippen LogP contribution is 2.12. The molecule has 2 atom stereocenters. The van der Waals surface area contributed by atoms with Crippen LogP contribution in [0.25, 0.3) is 11.2 Å². The number of nitrogens with two attached hydrogens (primary N) is 1. The molecule has 0 spiro atoms. The average Bonchev–Trinajstić information content (AvgIpc) is 2.80. The van der Waals surface area contributed by atoms with E-state index in [1.54, 1.807) is 12.1 Å². The smallest absolute Gasteiger partial charge is 0.332 e. The molecule has 1 unspecified atom stereocenters. The molecule has 1 amide bonds. The van der Waals surface area contributed by atoms with Gasteiger partial charge in [0.15, 0.2) is 17.3 Å². The van der Waals surface area contributed by atoms with Gasteiger partial charge in [-0.05, 0) is 24.3 Å². The number of carbonyl (C=O) groups is 3. The van der Waals surface area contributed by atoms with Gasteiger partial charge in [0, 0.05) is 24.8 Å². The highest BCUT2D eigenvalue weighted by molar-refractivity contribution is 5.97. The number of benzene rings is 1. The quantitative estimate of drug-likeness (QED) is 0.222. The van der Waals surface area contributed by atoms with E-state index < -0.39 is 42.0 Å². The van der Waals surface area contributed by atoms with Gasteiger partial charge in [-0.3, -0.25) is 14.6 Å². The van der Waals surface area contributed by atoms with Crippen LogP contribution in [-0.4, -0.2) is 67.3 Å². The molecule has 0 fully saturated rings. The van der Waals surface area contributed by atoms with Crippen LogP contribution in [0.3, 0.4) is 0 Å². The highest BCUT2D eigenvalue weighted by atomic mass is 16.5. The van der Waals surface area contributed by atoms with Crippen molar-refractivity contribution in [2.75, 3.05) is 18.2 Å². The Morgan fingerprint density at radius 3 is 2.47 bits per heavy atom. The molecule has 14 heteroatoms. The topological polar surface area (TPSA) is 223 Å². The molecule has 0 saturated heterocycles. The fourth-order valence-electron chi connectivity index (χ4n) is 2.96. The number of amides is 1. The van der Waals surface area contributed by atoms with Gasteiger partial charge >= 0.3 is 11.9 Å². The zero-order valence-corrected chi connectivity index (χ0v) is 17.8. The molecule has 34 heavy (non-hydrogen) atoms. The number of carboxylic acid groups (broad SMARTS) is 2. The number of aromatic nitrogens is 4. The molecule has 0 saturated carbocycles. The van der Waals surface area contributed by atoms with E-state index >= 15 is 0 Å². The van der Waals surface area contributed by atoms with Crippen molar-refractivity contribution < 1.29 is 29.3 Å². The monoisotopic (exact) mass is 471 g/mol. The Morgan fingerprint density at radius 1 is 1.15 bits per heavy atom. The van der Waals surface area contributed by atoms with Gasteiger partial charge in [0.1, 0.15) is 6.04 Å². The van der Waals surface area contributed by atoms with Gasteiger partial charge in [-0.15, -0.1) is 0 Å². The summed E-state index contributed by atoms with van der Waals surface area (Å²) in [5.74, 6) is -3.47. The van der Waals surface area contributed by atoms with Crippen LogP contribution in [0.2, 0.25) is 0 Å². The first-order chi connectivity index (χ1) is 16.2. The van der Waals surface area contributed by atoms with Gasteiger partial charge in [0.25, 0.3) is 11.5 Å². The Labute approximate surface area is 191 Å². The Balaban J connectivity index is 1.63. The number of nitrogens with one attached hydrogen (secondary N) is 3. The summed E-state index contributed by atoms with van der Waals surface area (Å²) in [6.45, 7) is 0.215.